The topological polar surface area (TPSA) is 9.23 Å². The molecule has 0 aliphatic heterocycles. The van der Waals surface area contributed by atoms with E-state index in [0.717, 1.165) is 5.75 Å². The molecule has 0 radical (unpaired) electrons. The minimum atomic E-state index is -0.191. The minimum absolute atomic E-state index is 0.125. The van der Waals surface area contributed by atoms with Gasteiger partial charge in [0, 0.05) is 4.90 Å². The molecule has 1 aromatic carbocycles. The van der Waals surface area contributed by atoms with Crippen molar-refractivity contribution in [3.8, 4) is 5.75 Å². The van der Waals surface area contributed by atoms with E-state index in [-0.39, 0.29) is 11.9 Å². The predicted molar refractivity (Wildman–Crippen MR) is 53.9 cm³/mol. The molecule has 0 N–H and O–H groups in total. The smallest absolute Gasteiger partial charge is 0.137 e. The number of rotatable bonds is 3. The fourth-order valence-corrected chi connectivity index (χ4v) is 1.48. The largest absolute Gasteiger partial charge is 0.491 e. The van der Waals surface area contributed by atoms with Crippen molar-refractivity contribution >= 4 is 11.8 Å². The zero-order chi connectivity index (χ0) is 9.84. The van der Waals surface area contributed by atoms with Crippen LogP contribution in [0.25, 0.3) is 0 Å². The number of halogens is 1. The second-order valence-corrected chi connectivity index (χ2v) is 3.81. The molecule has 0 aliphatic carbocycles. The molecule has 3 heteroatoms. The van der Waals surface area contributed by atoms with Gasteiger partial charge in [-0.1, -0.05) is 0 Å². The van der Waals surface area contributed by atoms with Crippen molar-refractivity contribution in [3.05, 3.63) is 24.0 Å². The molecule has 0 bridgehead atoms. The molecule has 0 saturated carbocycles. The Labute approximate surface area is 82.3 Å². The van der Waals surface area contributed by atoms with E-state index in [1.54, 1.807) is 12.1 Å². The molecule has 13 heavy (non-hydrogen) atoms. The van der Waals surface area contributed by atoms with Crippen molar-refractivity contribution in [1.82, 2.24) is 0 Å². The Balaban J connectivity index is 2.86. The Kier molecular flexibility index (Phi) is 3.60. The first-order valence-electron chi connectivity index (χ1n) is 4.13. The summed E-state index contributed by atoms with van der Waals surface area (Å²) >= 11 is 1.38. The van der Waals surface area contributed by atoms with Crippen molar-refractivity contribution in [1.29, 1.82) is 0 Å². The second-order valence-electron chi connectivity index (χ2n) is 2.96. The Bertz CT molecular complexity index is 286. The zero-order valence-corrected chi connectivity index (χ0v) is 8.82. The predicted octanol–water partition coefficient (Wildman–Crippen LogP) is 3.33. The van der Waals surface area contributed by atoms with E-state index in [9.17, 15) is 4.39 Å². The first-order chi connectivity index (χ1) is 6.13. The Morgan fingerprint density at radius 1 is 1.38 bits per heavy atom. The van der Waals surface area contributed by atoms with Crippen LogP contribution in [0.2, 0.25) is 0 Å². The first kappa shape index (κ1) is 10.4. The van der Waals surface area contributed by atoms with Crippen LogP contribution in [0.4, 0.5) is 4.39 Å². The van der Waals surface area contributed by atoms with Crippen LogP contribution < -0.4 is 4.74 Å². The van der Waals surface area contributed by atoms with Crippen LogP contribution in [0.1, 0.15) is 13.8 Å². The van der Waals surface area contributed by atoms with Gasteiger partial charge < -0.3 is 4.74 Å². The summed E-state index contributed by atoms with van der Waals surface area (Å²) in [4.78, 5) is 0.623. The quantitative estimate of drug-likeness (QED) is 0.692. The number of hydrogen-bond donors (Lipinski definition) is 0. The summed E-state index contributed by atoms with van der Waals surface area (Å²) in [6.45, 7) is 3.89. The van der Waals surface area contributed by atoms with Crippen LogP contribution in [-0.4, -0.2) is 12.4 Å². The molecule has 72 valence electrons. The van der Waals surface area contributed by atoms with Gasteiger partial charge >= 0.3 is 0 Å². The standard InChI is InChI=1S/C10H13FOS/c1-7(2)12-8-4-5-9(11)10(6-8)13-3/h4-7H,1-3H3. The van der Waals surface area contributed by atoms with Gasteiger partial charge in [0.15, 0.2) is 0 Å². The summed E-state index contributed by atoms with van der Waals surface area (Å²) in [5.41, 5.74) is 0. The lowest BCUT2D eigenvalue weighted by atomic mass is 10.3. The summed E-state index contributed by atoms with van der Waals surface area (Å²) in [5.74, 6) is 0.532. The van der Waals surface area contributed by atoms with E-state index in [1.807, 2.05) is 20.1 Å². The zero-order valence-electron chi connectivity index (χ0n) is 8.00. The van der Waals surface area contributed by atoms with Gasteiger partial charge in [-0.05, 0) is 38.3 Å². The number of thioether (sulfide) groups is 1. The van der Waals surface area contributed by atoms with E-state index < -0.39 is 0 Å². The van der Waals surface area contributed by atoms with Crippen LogP contribution >= 0.6 is 11.8 Å². The third-order valence-corrected chi connectivity index (χ3v) is 2.25. The highest BCUT2D eigenvalue weighted by Crippen LogP contribution is 2.24. The molecule has 0 unspecified atom stereocenters. The van der Waals surface area contributed by atoms with E-state index in [1.165, 1.54) is 17.8 Å². The molecule has 0 aromatic heterocycles. The molecular formula is C10H13FOS. The van der Waals surface area contributed by atoms with E-state index >= 15 is 0 Å². The van der Waals surface area contributed by atoms with Crippen LogP contribution in [0.3, 0.4) is 0 Å². The van der Waals surface area contributed by atoms with Gasteiger partial charge in [-0.3, -0.25) is 0 Å². The van der Waals surface area contributed by atoms with Crippen molar-refractivity contribution in [2.24, 2.45) is 0 Å². The van der Waals surface area contributed by atoms with Gasteiger partial charge in [0.1, 0.15) is 11.6 Å². The third kappa shape index (κ3) is 2.92. The molecule has 0 aliphatic rings. The average molecular weight is 200 g/mol. The average Bonchev–Trinajstić information content (AvgIpc) is 2.07. The van der Waals surface area contributed by atoms with Gasteiger partial charge in [0.25, 0.3) is 0 Å². The summed E-state index contributed by atoms with van der Waals surface area (Å²) < 4.78 is 18.5. The van der Waals surface area contributed by atoms with Crippen LogP contribution in [0.15, 0.2) is 23.1 Å². The van der Waals surface area contributed by atoms with Crippen molar-refractivity contribution in [2.75, 3.05) is 6.26 Å². The van der Waals surface area contributed by atoms with E-state index in [0.29, 0.717) is 4.90 Å². The minimum Gasteiger partial charge on any atom is -0.491 e. The summed E-state index contributed by atoms with van der Waals surface area (Å²) in [5, 5.41) is 0. The molecule has 0 spiro atoms. The van der Waals surface area contributed by atoms with E-state index in [2.05, 4.69) is 0 Å². The lowest BCUT2D eigenvalue weighted by molar-refractivity contribution is 0.241. The second kappa shape index (κ2) is 4.51. The van der Waals surface area contributed by atoms with Crippen LogP contribution in [0.5, 0.6) is 5.75 Å². The molecule has 0 atom stereocenters. The van der Waals surface area contributed by atoms with Gasteiger partial charge in [-0.15, -0.1) is 11.8 Å². The Morgan fingerprint density at radius 3 is 2.62 bits per heavy atom. The molecular weight excluding hydrogens is 187 g/mol. The maximum absolute atomic E-state index is 13.0. The molecule has 0 saturated heterocycles. The van der Waals surface area contributed by atoms with Crippen molar-refractivity contribution in [2.45, 2.75) is 24.8 Å². The van der Waals surface area contributed by atoms with E-state index in [4.69, 9.17) is 4.74 Å². The summed E-state index contributed by atoms with van der Waals surface area (Å²) in [7, 11) is 0. The Hall–Kier alpha value is -0.700. The lowest BCUT2D eigenvalue weighted by Gasteiger charge is -2.10. The molecule has 0 fully saturated rings. The summed E-state index contributed by atoms with van der Waals surface area (Å²) in [6, 6.07) is 4.80. The first-order valence-corrected chi connectivity index (χ1v) is 5.36. The van der Waals surface area contributed by atoms with Crippen LogP contribution in [0, 0.1) is 5.82 Å². The van der Waals surface area contributed by atoms with Crippen molar-refractivity contribution in [3.63, 3.8) is 0 Å². The molecule has 0 amide bonds. The SMILES string of the molecule is CSc1cc(OC(C)C)ccc1F. The molecule has 1 nitrogen and oxygen atoms in total. The third-order valence-electron chi connectivity index (χ3n) is 1.49. The van der Waals surface area contributed by atoms with Gasteiger partial charge in [0.05, 0.1) is 6.10 Å². The number of hydrogen-bond acceptors (Lipinski definition) is 2. The highest BCUT2D eigenvalue weighted by Gasteiger charge is 2.03. The maximum Gasteiger partial charge on any atom is 0.137 e. The highest BCUT2D eigenvalue weighted by molar-refractivity contribution is 7.98. The van der Waals surface area contributed by atoms with Gasteiger partial charge in [-0.25, -0.2) is 4.39 Å². The molecule has 0 heterocycles. The fraction of sp³-hybridized carbons (Fsp3) is 0.400. The number of ether oxygens (including phenoxy) is 1. The normalized spacial score (nSPS) is 10.5. The highest BCUT2D eigenvalue weighted by atomic mass is 32.2. The molecule has 1 aromatic rings. The molecule has 1 rings (SSSR count). The van der Waals surface area contributed by atoms with Gasteiger partial charge in [0.2, 0.25) is 0 Å². The summed E-state index contributed by atoms with van der Waals surface area (Å²) in [6.07, 6.45) is 1.97. The fourth-order valence-electron chi connectivity index (χ4n) is 0.986. The monoisotopic (exact) mass is 200 g/mol. The van der Waals surface area contributed by atoms with Gasteiger partial charge in [-0.2, -0.15) is 0 Å². The number of benzene rings is 1. The van der Waals surface area contributed by atoms with Crippen molar-refractivity contribution < 1.29 is 9.13 Å². The van der Waals surface area contributed by atoms with Crippen LogP contribution in [-0.2, 0) is 0 Å². The maximum atomic E-state index is 13.0. The Morgan fingerprint density at radius 2 is 2.08 bits per heavy atom. The lowest BCUT2D eigenvalue weighted by Crippen LogP contribution is -2.05.